The zero-order valence-corrected chi connectivity index (χ0v) is 19.8. The van der Waals surface area contributed by atoms with Crippen LogP contribution in [0.5, 0.6) is 0 Å². The standard InChI is InChI=1S/C24H30N2O2S2/c1-5-25(6-2)20-13-15-21(16-14-20)30(27,28)26(18(4)19-11-12-19)24-17(3)22-9-7-8-10-23(22)29-24/h7-10,13-16,18-19H,5-6,11-12H2,1-4H3. The quantitative estimate of drug-likeness (QED) is 0.426. The van der Waals surface area contributed by atoms with Gasteiger partial charge in [-0.2, -0.15) is 0 Å². The van der Waals surface area contributed by atoms with Crippen molar-refractivity contribution >= 4 is 42.1 Å². The molecule has 2 aromatic carbocycles. The van der Waals surface area contributed by atoms with Gasteiger partial charge in [0, 0.05) is 29.5 Å². The van der Waals surface area contributed by atoms with Gasteiger partial charge in [0.15, 0.2) is 0 Å². The summed E-state index contributed by atoms with van der Waals surface area (Å²) in [6, 6.07) is 15.5. The maximum Gasteiger partial charge on any atom is 0.265 e. The molecule has 1 atom stereocenters. The Kier molecular flexibility index (Phi) is 5.82. The maximum atomic E-state index is 13.9. The summed E-state index contributed by atoms with van der Waals surface area (Å²) in [5, 5.41) is 1.99. The van der Waals surface area contributed by atoms with Crippen molar-refractivity contribution in [1.82, 2.24) is 0 Å². The maximum absolute atomic E-state index is 13.9. The molecular weight excluding hydrogens is 412 g/mol. The van der Waals surface area contributed by atoms with E-state index in [9.17, 15) is 8.42 Å². The monoisotopic (exact) mass is 442 g/mol. The zero-order valence-electron chi connectivity index (χ0n) is 18.1. The van der Waals surface area contributed by atoms with Gasteiger partial charge >= 0.3 is 0 Å². The van der Waals surface area contributed by atoms with E-state index in [1.54, 1.807) is 27.8 Å². The minimum absolute atomic E-state index is 0.0516. The summed E-state index contributed by atoms with van der Waals surface area (Å²) in [5.41, 5.74) is 2.10. The number of nitrogens with zero attached hydrogens (tertiary/aromatic N) is 2. The molecule has 0 N–H and O–H groups in total. The lowest BCUT2D eigenvalue weighted by Crippen LogP contribution is -2.40. The molecule has 1 unspecified atom stereocenters. The van der Waals surface area contributed by atoms with Gasteiger partial charge in [0.1, 0.15) is 5.00 Å². The second-order valence-electron chi connectivity index (χ2n) is 8.07. The van der Waals surface area contributed by atoms with Crippen LogP contribution in [-0.4, -0.2) is 27.5 Å². The van der Waals surface area contributed by atoms with Crippen LogP contribution in [0.3, 0.4) is 0 Å². The van der Waals surface area contributed by atoms with E-state index in [0.29, 0.717) is 10.8 Å². The van der Waals surface area contributed by atoms with Gasteiger partial charge in [-0.3, -0.25) is 4.31 Å². The Balaban J connectivity index is 1.79. The first-order chi connectivity index (χ1) is 14.4. The molecule has 0 bridgehead atoms. The topological polar surface area (TPSA) is 40.6 Å². The third-order valence-electron chi connectivity index (χ3n) is 6.21. The number of sulfonamides is 1. The van der Waals surface area contributed by atoms with Crippen LogP contribution >= 0.6 is 11.3 Å². The van der Waals surface area contributed by atoms with Crippen molar-refractivity contribution in [2.24, 2.45) is 5.92 Å². The molecule has 0 aliphatic heterocycles. The molecule has 1 fully saturated rings. The summed E-state index contributed by atoms with van der Waals surface area (Å²) in [7, 11) is -3.66. The molecule has 4 nitrogen and oxygen atoms in total. The minimum atomic E-state index is -3.66. The van der Waals surface area contributed by atoms with Crippen molar-refractivity contribution in [1.29, 1.82) is 0 Å². The fourth-order valence-corrected chi connectivity index (χ4v) is 7.47. The first kappa shape index (κ1) is 21.2. The smallest absolute Gasteiger partial charge is 0.265 e. The van der Waals surface area contributed by atoms with E-state index in [-0.39, 0.29) is 6.04 Å². The number of rotatable bonds is 8. The number of hydrogen-bond acceptors (Lipinski definition) is 4. The average molecular weight is 443 g/mol. The van der Waals surface area contributed by atoms with Crippen molar-refractivity contribution in [3.05, 3.63) is 54.1 Å². The summed E-state index contributed by atoms with van der Waals surface area (Å²) in [6.07, 6.45) is 2.19. The third-order valence-corrected chi connectivity index (χ3v) is 9.50. The minimum Gasteiger partial charge on any atom is -0.372 e. The molecule has 0 amide bonds. The van der Waals surface area contributed by atoms with Crippen LogP contribution in [0.1, 0.15) is 39.2 Å². The Morgan fingerprint density at radius 2 is 1.67 bits per heavy atom. The van der Waals surface area contributed by atoms with E-state index >= 15 is 0 Å². The highest BCUT2D eigenvalue weighted by Gasteiger charge is 2.40. The average Bonchev–Trinajstić information content (AvgIpc) is 3.55. The van der Waals surface area contributed by atoms with Crippen LogP contribution in [0, 0.1) is 12.8 Å². The fourth-order valence-electron chi connectivity index (χ4n) is 4.19. The Bertz CT molecular complexity index is 1130. The molecule has 6 heteroatoms. The molecule has 0 saturated heterocycles. The van der Waals surface area contributed by atoms with E-state index < -0.39 is 10.0 Å². The Morgan fingerprint density at radius 3 is 2.23 bits per heavy atom. The predicted octanol–water partition coefficient (Wildman–Crippen LogP) is 6.05. The Hall–Kier alpha value is -2.05. The molecule has 4 rings (SSSR count). The van der Waals surface area contributed by atoms with Gasteiger partial charge in [-0.1, -0.05) is 18.2 Å². The predicted molar refractivity (Wildman–Crippen MR) is 128 cm³/mol. The summed E-state index contributed by atoms with van der Waals surface area (Å²) in [4.78, 5) is 2.58. The molecular formula is C24H30N2O2S2. The van der Waals surface area contributed by atoms with Crippen molar-refractivity contribution in [2.45, 2.75) is 51.5 Å². The second-order valence-corrected chi connectivity index (χ2v) is 10.9. The van der Waals surface area contributed by atoms with Gasteiger partial charge in [0.05, 0.1) is 4.90 Å². The lowest BCUT2D eigenvalue weighted by Gasteiger charge is -2.30. The van der Waals surface area contributed by atoms with Gasteiger partial charge in [-0.25, -0.2) is 8.42 Å². The van der Waals surface area contributed by atoms with Crippen molar-refractivity contribution in [3.63, 3.8) is 0 Å². The van der Waals surface area contributed by atoms with Gasteiger partial charge in [-0.15, -0.1) is 11.3 Å². The van der Waals surface area contributed by atoms with E-state index in [4.69, 9.17) is 0 Å². The molecule has 1 aliphatic carbocycles. The molecule has 30 heavy (non-hydrogen) atoms. The van der Waals surface area contributed by atoms with E-state index in [0.717, 1.165) is 52.3 Å². The molecule has 160 valence electrons. The van der Waals surface area contributed by atoms with Crippen molar-refractivity contribution < 1.29 is 8.42 Å². The SMILES string of the molecule is CCN(CC)c1ccc(S(=O)(=O)N(c2sc3ccccc3c2C)C(C)C2CC2)cc1. The van der Waals surface area contributed by atoms with Gasteiger partial charge < -0.3 is 4.90 Å². The molecule has 0 spiro atoms. The zero-order chi connectivity index (χ0) is 21.5. The van der Waals surface area contributed by atoms with Gasteiger partial charge in [-0.05, 0) is 87.7 Å². The first-order valence-electron chi connectivity index (χ1n) is 10.8. The number of aryl methyl sites for hydroxylation is 1. The largest absolute Gasteiger partial charge is 0.372 e. The third kappa shape index (κ3) is 3.71. The molecule has 1 aliphatic rings. The van der Waals surface area contributed by atoms with Crippen molar-refractivity contribution in [3.8, 4) is 0 Å². The molecule has 0 radical (unpaired) electrons. The lowest BCUT2D eigenvalue weighted by atomic mass is 10.1. The van der Waals surface area contributed by atoms with Crippen LogP contribution < -0.4 is 9.21 Å². The molecule has 1 saturated carbocycles. The number of benzene rings is 2. The van der Waals surface area contributed by atoms with E-state index in [2.05, 4.69) is 37.8 Å². The Morgan fingerprint density at radius 1 is 1.03 bits per heavy atom. The van der Waals surface area contributed by atoms with Gasteiger partial charge in [0.25, 0.3) is 10.0 Å². The highest BCUT2D eigenvalue weighted by Crippen LogP contribution is 2.45. The van der Waals surface area contributed by atoms with Crippen LogP contribution in [-0.2, 0) is 10.0 Å². The fraction of sp³-hybridized carbons (Fsp3) is 0.417. The van der Waals surface area contributed by atoms with Crippen LogP contribution in [0.25, 0.3) is 10.1 Å². The summed E-state index contributed by atoms with van der Waals surface area (Å²) < 4.78 is 30.6. The number of hydrogen-bond donors (Lipinski definition) is 0. The number of anilines is 2. The highest BCUT2D eigenvalue weighted by atomic mass is 32.2. The molecule has 1 heterocycles. The number of fused-ring (bicyclic) bond motifs is 1. The van der Waals surface area contributed by atoms with Crippen LogP contribution in [0.15, 0.2) is 53.4 Å². The van der Waals surface area contributed by atoms with E-state index in [1.165, 1.54) is 0 Å². The van der Waals surface area contributed by atoms with Crippen LogP contribution in [0.2, 0.25) is 0 Å². The van der Waals surface area contributed by atoms with Crippen LogP contribution in [0.4, 0.5) is 10.7 Å². The number of thiophene rings is 1. The summed E-state index contributed by atoms with van der Waals surface area (Å²) >= 11 is 1.58. The second kappa shape index (κ2) is 8.23. The molecule has 3 aromatic rings. The summed E-state index contributed by atoms with van der Waals surface area (Å²) in [6.45, 7) is 10.1. The van der Waals surface area contributed by atoms with E-state index in [1.807, 2.05) is 31.2 Å². The highest BCUT2D eigenvalue weighted by molar-refractivity contribution is 7.93. The normalized spacial score (nSPS) is 15.3. The van der Waals surface area contributed by atoms with Gasteiger partial charge in [0.2, 0.25) is 0 Å². The Labute approximate surface area is 184 Å². The first-order valence-corrected chi connectivity index (χ1v) is 13.0. The summed E-state index contributed by atoms with van der Waals surface area (Å²) in [5.74, 6) is 0.430. The molecule has 1 aromatic heterocycles. The van der Waals surface area contributed by atoms with Crippen molar-refractivity contribution in [2.75, 3.05) is 22.3 Å². The lowest BCUT2D eigenvalue weighted by molar-refractivity contribution is 0.567.